The van der Waals surface area contributed by atoms with E-state index >= 15 is 0 Å². The Hall–Kier alpha value is -1.36. The fourth-order valence-corrected chi connectivity index (χ4v) is 1.71. The molecule has 1 aromatic rings. The fraction of sp³-hybridized carbons (Fsp3) is 0.692. The van der Waals surface area contributed by atoms with Crippen LogP contribution in [0, 0.1) is 5.41 Å². The molecular formula is C13H24N4O. The van der Waals surface area contributed by atoms with Crippen molar-refractivity contribution in [3.63, 3.8) is 0 Å². The van der Waals surface area contributed by atoms with Crippen molar-refractivity contribution in [2.75, 3.05) is 0 Å². The monoisotopic (exact) mass is 252 g/mol. The van der Waals surface area contributed by atoms with Crippen LogP contribution in [0.1, 0.15) is 39.0 Å². The molecule has 18 heavy (non-hydrogen) atoms. The van der Waals surface area contributed by atoms with Crippen LogP contribution in [-0.4, -0.2) is 21.7 Å². The molecule has 1 rings (SSSR count). The highest BCUT2D eigenvalue weighted by Gasteiger charge is 2.27. The molecule has 1 atom stereocenters. The van der Waals surface area contributed by atoms with Gasteiger partial charge in [-0.2, -0.15) is 5.10 Å². The van der Waals surface area contributed by atoms with Gasteiger partial charge < -0.3 is 11.1 Å². The van der Waals surface area contributed by atoms with Gasteiger partial charge in [0.1, 0.15) is 0 Å². The third-order valence-electron chi connectivity index (χ3n) is 3.00. The van der Waals surface area contributed by atoms with Crippen LogP contribution in [-0.2, 0) is 24.8 Å². The Morgan fingerprint density at radius 3 is 2.67 bits per heavy atom. The van der Waals surface area contributed by atoms with Crippen molar-refractivity contribution in [1.82, 2.24) is 15.1 Å². The molecule has 1 aromatic heterocycles. The highest BCUT2D eigenvalue weighted by atomic mass is 16.2. The molecule has 0 bridgehead atoms. The van der Waals surface area contributed by atoms with Crippen LogP contribution in [0.5, 0.6) is 0 Å². The molecule has 0 aliphatic heterocycles. The predicted molar refractivity (Wildman–Crippen MR) is 71.9 cm³/mol. The van der Waals surface area contributed by atoms with E-state index in [1.54, 1.807) is 4.68 Å². The third kappa shape index (κ3) is 3.57. The van der Waals surface area contributed by atoms with Crippen molar-refractivity contribution in [2.24, 2.45) is 18.2 Å². The van der Waals surface area contributed by atoms with E-state index in [4.69, 9.17) is 5.73 Å². The smallest absolute Gasteiger partial charge is 0.237 e. The molecular weight excluding hydrogens is 228 g/mol. The van der Waals surface area contributed by atoms with E-state index in [0.29, 0.717) is 6.54 Å². The van der Waals surface area contributed by atoms with Crippen molar-refractivity contribution in [1.29, 1.82) is 0 Å². The summed E-state index contributed by atoms with van der Waals surface area (Å²) in [6.07, 6.45) is 2.79. The lowest BCUT2D eigenvalue weighted by Crippen LogP contribution is -2.48. The molecule has 5 nitrogen and oxygen atoms in total. The van der Waals surface area contributed by atoms with Crippen LogP contribution >= 0.6 is 0 Å². The number of rotatable bonds is 4. The number of hydrogen-bond donors (Lipinski definition) is 2. The molecule has 0 saturated heterocycles. The van der Waals surface area contributed by atoms with Gasteiger partial charge in [0, 0.05) is 25.4 Å². The fourth-order valence-electron chi connectivity index (χ4n) is 1.71. The average molecular weight is 252 g/mol. The number of carbonyl (C=O) groups excluding carboxylic acids is 1. The van der Waals surface area contributed by atoms with E-state index < -0.39 is 6.04 Å². The number of carbonyl (C=O) groups is 1. The lowest BCUT2D eigenvalue weighted by Gasteiger charge is -2.25. The second-order valence-electron chi connectivity index (χ2n) is 5.69. The second kappa shape index (κ2) is 5.52. The topological polar surface area (TPSA) is 72.9 Å². The summed E-state index contributed by atoms with van der Waals surface area (Å²) in [5.74, 6) is -0.117. The Morgan fingerprint density at radius 2 is 2.17 bits per heavy atom. The molecule has 102 valence electrons. The maximum Gasteiger partial charge on any atom is 0.237 e. The third-order valence-corrected chi connectivity index (χ3v) is 3.00. The number of amides is 1. The minimum Gasteiger partial charge on any atom is -0.351 e. The second-order valence-corrected chi connectivity index (χ2v) is 5.69. The van der Waals surface area contributed by atoms with Gasteiger partial charge in [-0.1, -0.05) is 27.7 Å². The normalized spacial score (nSPS) is 13.4. The lowest BCUT2D eigenvalue weighted by molar-refractivity contribution is -0.124. The number of nitrogens with one attached hydrogen (secondary N) is 1. The minimum atomic E-state index is -0.501. The first-order chi connectivity index (χ1) is 8.25. The summed E-state index contributed by atoms with van der Waals surface area (Å²) in [4.78, 5) is 11.9. The van der Waals surface area contributed by atoms with Crippen molar-refractivity contribution in [3.8, 4) is 0 Å². The number of aromatic nitrogens is 2. The maximum atomic E-state index is 11.9. The molecule has 0 fully saturated rings. The number of hydrogen-bond acceptors (Lipinski definition) is 3. The standard InChI is InChI=1S/C13H24N4O/c1-6-10-9(8-17(5)16-10)7-15-12(18)11(14)13(2,3)4/h8,11H,6-7,14H2,1-5H3,(H,15,18)/t11-/m0/s1. The summed E-state index contributed by atoms with van der Waals surface area (Å²) in [6, 6.07) is -0.501. The van der Waals surface area contributed by atoms with Crippen LogP contribution in [0.25, 0.3) is 0 Å². The number of nitrogens with zero attached hydrogens (tertiary/aromatic N) is 2. The zero-order valence-corrected chi connectivity index (χ0v) is 11.9. The molecule has 0 radical (unpaired) electrons. The lowest BCUT2D eigenvalue weighted by atomic mass is 9.87. The number of nitrogens with two attached hydrogens (primary N) is 1. The van der Waals surface area contributed by atoms with Crippen molar-refractivity contribution < 1.29 is 4.79 Å². The Labute approximate surface area is 109 Å². The predicted octanol–water partition coefficient (Wildman–Crippen LogP) is 0.972. The Balaban J connectivity index is 2.62. The van der Waals surface area contributed by atoms with Gasteiger partial charge in [-0.05, 0) is 11.8 Å². The number of aryl methyl sites for hydroxylation is 2. The van der Waals surface area contributed by atoms with Gasteiger partial charge in [-0.15, -0.1) is 0 Å². The van der Waals surface area contributed by atoms with E-state index in [2.05, 4.69) is 17.3 Å². The molecule has 3 N–H and O–H groups in total. The van der Waals surface area contributed by atoms with Crippen LogP contribution < -0.4 is 11.1 Å². The first-order valence-corrected chi connectivity index (χ1v) is 6.30. The van der Waals surface area contributed by atoms with Gasteiger partial charge in [0.2, 0.25) is 5.91 Å². The first-order valence-electron chi connectivity index (χ1n) is 6.30. The molecule has 0 aliphatic rings. The van der Waals surface area contributed by atoms with E-state index in [1.165, 1.54) is 0 Å². The van der Waals surface area contributed by atoms with Gasteiger partial charge in [-0.3, -0.25) is 9.48 Å². The Morgan fingerprint density at radius 1 is 1.56 bits per heavy atom. The van der Waals surface area contributed by atoms with Gasteiger partial charge >= 0.3 is 0 Å². The van der Waals surface area contributed by atoms with E-state index in [9.17, 15) is 4.79 Å². The Kier molecular flexibility index (Phi) is 4.51. The van der Waals surface area contributed by atoms with Gasteiger partial charge in [0.25, 0.3) is 0 Å². The Bertz CT molecular complexity index is 417. The molecule has 0 aliphatic carbocycles. The van der Waals surface area contributed by atoms with Crippen molar-refractivity contribution >= 4 is 5.91 Å². The SMILES string of the molecule is CCc1nn(C)cc1CNC(=O)[C@H](N)C(C)(C)C. The van der Waals surface area contributed by atoms with Crippen LogP contribution in [0.15, 0.2) is 6.20 Å². The van der Waals surface area contributed by atoms with E-state index in [-0.39, 0.29) is 11.3 Å². The zero-order chi connectivity index (χ0) is 13.9. The van der Waals surface area contributed by atoms with Crippen LogP contribution in [0.4, 0.5) is 0 Å². The highest BCUT2D eigenvalue weighted by molar-refractivity contribution is 5.82. The molecule has 5 heteroatoms. The zero-order valence-electron chi connectivity index (χ0n) is 11.9. The summed E-state index contributed by atoms with van der Waals surface area (Å²) in [6.45, 7) is 8.41. The summed E-state index contributed by atoms with van der Waals surface area (Å²) in [5.41, 5.74) is 7.74. The average Bonchev–Trinajstić information content (AvgIpc) is 2.64. The van der Waals surface area contributed by atoms with Crippen LogP contribution in [0.3, 0.4) is 0 Å². The highest BCUT2D eigenvalue weighted by Crippen LogP contribution is 2.17. The summed E-state index contributed by atoms with van der Waals surface area (Å²) in [5, 5.41) is 7.21. The molecule has 0 saturated carbocycles. The van der Waals surface area contributed by atoms with E-state index in [1.807, 2.05) is 34.0 Å². The van der Waals surface area contributed by atoms with Gasteiger partial charge in [-0.25, -0.2) is 0 Å². The molecule has 0 aromatic carbocycles. The molecule has 0 spiro atoms. The van der Waals surface area contributed by atoms with Gasteiger partial charge in [0.15, 0.2) is 0 Å². The van der Waals surface area contributed by atoms with Crippen LogP contribution in [0.2, 0.25) is 0 Å². The quantitative estimate of drug-likeness (QED) is 0.838. The largest absolute Gasteiger partial charge is 0.351 e. The molecule has 0 unspecified atom stereocenters. The maximum absolute atomic E-state index is 11.9. The van der Waals surface area contributed by atoms with Crippen molar-refractivity contribution in [3.05, 3.63) is 17.5 Å². The molecule has 1 heterocycles. The van der Waals surface area contributed by atoms with Crippen molar-refractivity contribution in [2.45, 2.75) is 46.7 Å². The minimum absolute atomic E-state index is 0.117. The summed E-state index contributed by atoms with van der Waals surface area (Å²) in [7, 11) is 1.88. The molecule has 1 amide bonds. The summed E-state index contributed by atoms with van der Waals surface area (Å²) < 4.78 is 1.77. The first kappa shape index (κ1) is 14.7. The van der Waals surface area contributed by atoms with Gasteiger partial charge in [0.05, 0.1) is 11.7 Å². The van der Waals surface area contributed by atoms with E-state index in [0.717, 1.165) is 17.7 Å². The summed E-state index contributed by atoms with van der Waals surface area (Å²) >= 11 is 0.